The van der Waals surface area contributed by atoms with E-state index in [0.29, 0.717) is 12.5 Å². The monoisotopic (exact) mass is 211 g/mol. The van der Waals surface area contributed by atoms with E-state index in [1.165, 1.54) is 25.7 Å². The SMILES string of the molecule is CCOC(=O)N[C@@H](C)[C@H]1C[C@@H]2CC[C@@H]1C2. The number of carbonyl (C=O) groups excluding carboxylic acids is 1. The maximum Gasteiger partial charge on any atom is 0.407 e. The fourth-order valence-electron chi connectivity index (χ4n) is 3.37. The Balaban J connectivity index is 1.81. The predicted molar refractivity (Wildman–Crippen MR) is 58.6 cm³/mol. The second-order valence-corrected chi connectivity index (χ2v) is 4.99. The smallest absolute Gasteiger partial charge is 0.407 e. The Bertz CT molecular complexity index is 242. The summed E-state index contributed by atoms with van der Waals surface area (Å²) >= 11 is 0. The minimum atomic E-state index is -0.257. The zero-order valence-electron chi connectivity index (χ0n) is 9.66. The van der Waals surface area contributed by atoms with Crippen molar-refractivity contribution >= 4 is 6.09 Å². The summed E-state index contributed by atoms with van der Waals surface area (Å²) < 4.78 is 4.90. The van der Waals surface area contributed by atoms with Gasteiger partial charge in [-0.25, -0.2) is 4.79 Å². The minimum absolute atomic E-state index is 0.257. The molecule has 0 radical (unpaired) electrons. The molecule has 2 saturated carbocycles. The van der Waals surface area contributed by atoms with Gasteiger partial charge in [0.05, 0.1) is 6.61 Å². The minimum Gasteiger partial charge on any atom is -0.450 e. The van der Waals surface area contributed by atoms with Gasteiger partial charge in [0.1, 0.15) is 0 Å². The van der Waals surface area contributed by atoms with Crippen molar-refractivity contribution in [3.05, 3.63) is 0 Å². The summed E-state index contributed by atoms with van der Waals surface area (Å²) in [5.41, 5.74) is 0. The lowest BCUT2D eigenvalue weighted by atomic mass is 9.84. The molecule has 2 rings (SSSR count). The van der Waals surface area contributed by atoms with Gasteiger partial charge in [-0.15, -0.1) is 0 Å². The molecule has 0 heterocycles. The van der Waals surface area contributed by atoms with E-state index in [4.69, 9.17) is 4.74 Å². The van der Waals surface area contributed by atoms with Crippen LogP contribution < -0.4 is 5.32 Å². The van der Waals surface area contributed by atoms with Gasteiger partial charge in [0.25, 0.3) is 0 Å². The number of rotatable bonds is 3. The number of ether oxygens (including phenoxy) is 1. The van der Waals surface area contributed by atoms with Gasteiger partial charge in [0.15, 0.2) is 0 Å². The summed E-state index contributed by atoms with van der Waals surface area (Å²) in [5.74, 6) is 2.48. The van der Waals surface area contributed by atoms with Gasteiger partial charge >= 0.3 is 6.09 Å². The van der Waals surface area contributed by atoms with E-state index in [1.807, 2.05) is 6.92 Å². The molecule has 0 aromatic rings. The maximum absolute atomic E-state index is 11.3. The molecule has 2 aliphatic rings. The summed E-state index contributed by atoms with van der Waals surface area (Å²) in [5, 5.41) is 2.95. The van der Waals surface area contributed by atoms with Gasteiger partial charge in [-0.3, -0.25) is 0 Å². The fraction of sp³-hybridized carbons (Fsp3) is 0.917. The van der Waals surface area contributed by atoms with Crippen molar-refractivity contribution in [3.8, 4) is 0 Å². The highest BCUT2D eigenvalue weighted by atomic mass is 16.5. The molecule has 4 atom stereocenters. The molecule has 15 heavy (non-hydrogen) atoms. The first-order valence-electron chi connectivity index (χ1n) is 6.14. The first-order valence-corrected chi connectivity index (χ1v) is 6.14. The normalized spacial score (nSPS) is 35.2. The number of hydrogen-bond acceptors (Lipinski definition) is 2. The Morgan fingerprint density at radius 2 is 2.27 bits per heavy atom. The first-order chi connectivity index (χ1) is 7.20. The highest BCUT2D eigenvalue weighted by Crippen LogP contribution is 2.49. The molecule has 0 unspecified atom stereocenters. The molecule has 2 bridgehead atoms. The lowest BCUT2D eigenvalue weighted by Crippen LogP contribution is -2.40. The van der Waals surface area contributed by atoms with Gasteiger partial charge in [0.2, 0.25) is 0 Å². The van der Waals surface area contributed by atoms with E-state index in [2.05, 4.69) is 12.2 Å². The van der Waals surface area contributed by atoms with E-state index in [1.54, 1.807) is 0 Å². The molecule has 0 aromatic heterocycles. The van der Waals surface area contributed by atoms with Gasteiger partial charge in [-0.1, -0.05) is 6.42 Å². The molecule has 0 spiro atoms. The highest BCUT2D eigenvalue weighted by molar-refractivity contribution is 5.67. The highest BCUT2D eigenvalue weighted by Gasteiger charge is 2.42. The average molecular weight is 211 g/mol. The molecule has 1 N–H and O–H groups in total. The van der Waals surface area contributed by atoms with Crippen LogP contribution in [0, 0.1) is 17.8 Å². The molecule has 1 amide bonds. The Hall–Kier alpha value is -0.730. The maximum atomic E-state index is 11.3. The van der Waals surface area contributed by atoms with Crippen LogP contribution in [-0.2, 0) is 4.74 Å². The van der Waals surface area contributed by atoms with Crippen molar-refractivity contribution in [2.75, 3.05) is 6.61 Å². The average Bonchev–Trinajstić information content (AvgIpc) is 2.78. The fourth-order valence-corrected chi connectivity index (χ4v) is 3.37. The third-order valence-electron chi connectivity index (χ3n) is 4.06. The van der Waals surface area contributed by atoms with Crippen molar-refractivity contribution in [3.63, 3.8) is 0 Å². The van der Waals surface area contributed by atoms with Crippen molar-refractivity contribution < 1.29 is 9.53 Å². The van der Waals surface area contributed by atoms with E-state index in [9.17, 15) is 4.79 Å². The van der Waals surface area contributed by atoms with Gasteiger partial charge in [0, 0.05) is 6.04 Å². The second-order valence-electron chi connectivity index (χ2n) is 4.99. The Morgan fingerprint density at radius 3 is 2.80 bits per heavy atom. The van der Waals surface area contributed by atoms with Crippen LogP contribution in [0.3, 0.4) is 0 Å². The predicted octanol–water partition coefficient (Wildman–Crippen LogP) is 2.56. The number of fused-ring (bicyclic) bond motifs is 2. The number of amides is 1. The van der Waals surface area contributed by atoms with Crippen molar-refractivity contribution in [1.82, 2.24) is 5.32 Å². The quantitative estimate of drug-likeness (QED) is 0.779. The van der Waals surface area contributed by atoms with Crippen LogP contribution in [0.1, 0.15) is 39.5 Å². The van der Waals surface area contributed by atoms with Crippen LogP contribution in [-0.4, -0.2) is 18.7 Å². The molecule has 86 valence electrons. The number of alkyl carbamates (subject to hydrolysis) is 1. The van der Waals surface area contributed by atoms with Gasteiger partial charge < -0.3 is 10.1 Å². The van der Waals surface area contributed by atoms with E-state index in [-0.39, 0.29) is 12.1 Å². The van der Waals surface area contributed by atoms with Crippen LogP contribution in [0.4, 0.5) is 4.79 Å². The van der Waals surface area contributed by atoms with E-state index in [0.717, 1.165) is 11.8 Å². The summed E-state index contributed by atoms with van der Waals surface area (Å²) in [4.78, 5) is 11.3. The zero-order valence-corrected chi connectivity index (χ0v) is 9.66. The molecule has 3 nitrogen and oxygen atoms in total. The number of carbonyl (C=O) groups is 1. The van der Waals surface area contributed by atoms with Crippen LogP contribution in [0.5, 0.6) is 0 Å². The Kier molecular flexibility index (Phi) is 3.17. The lowest BCUT2D eigenvalue weighted by Gasteiger charge is -2.28. The standard InChI is InChI=1S/C12H21NO2/c1-3-15-12(14)13-8(2)11-7-9-4-5-10(11)6-9/h8-11H,3-7H2,1-2H3,(H,13,14)/t8-,9+,10+,11+/m0/s1. The van der Waals surface area contributed by atoms with Crippen molar-refractivity contribution in [2.24, 2.45) is 17.8 Å². The molecule has 2 aliphatic carbocycles. The van der Waals surface area contributed by atoms with Gasteiger partial charge in [-0.05, 0) is 50.9 Å². The third kappa shape index (κ3) is 2.27. The van der Waals surface area contributed by atoms with E-state index >= 15 is 0 Å². The Labute approximate surface area is 91.6 Å². The summed E-state index contributed by atoms with van der Waals surface area (Å²) in [6, 6.07) is 0.277. The number of hydrogen-bond donors (Lipinski definition) is 1. The topological polar surface area (TPSA) is 38.3 Å². The lowest BCUT2D eigenvalue weighted by molar-refractivity contribution is 0.140. The molecular formula is C12H21NO2. The first kappa shape index (κ1) is 10.8. The van der Waals surface area contributed by atoms with Crippen LogP contribution in [0.15, 0.2) is 0 Å². The number of nitrogens with one attached hydrogen (secondary N) is 1. The second kappa shape index (κ2) is 4.42. The summed E-state index contributed by atoms with van der Waals surface area (Å²) in [6.45, 7) is 4.40. The van der Waals surface area contributed by atoms with Crippen molar-refractivity contribution in [2.45, 2.75) is 45.6 Å². The molecule has 0 saturated heterocycles. The van der Waals surface area contributed by atoms with Gasteiger partial charge in [-0.2, -0.15) is 0 Å². The third-order valence-corrected chi connectivity index (χ3v) is 4.06. The zero-order chi connectivity index (χ0) is 10.8. The molecular weight excluding hydrogens is 190 g/mol. The summed E-state index contributed by atoms with van der Waals surface area (Å²) in [7, 11) is 0. The van der Waals surface area contributed by atoms with Crippen LogP contribution in [0.2, 0.25) is 0 Å². The molecule has 0 aromatic carbocycles. The molecule has 3 heteroatoms. The van der Waals surface area contributed by atoms with E-state index < -0.39 is 0 Å². The van der Waals surface area contributed by atoms with Crippen LogP contribution in [0.25, 0.3) is 0 Å². The Morgan fingerprint density at radius 1 is 1.47 bits per heavy atom. The van der Waals surface area contributed by atoms with Crippen molar-refractivity contribution in [1.29, 1.82) is 0 Å². The largest absolute Gasteiger partial charge is 0.450 e. The summed E-state index contributed by atoms with van der Waals surface area (Å²) in [6.07, 6.45) is 5.21. The molecule has 0 aliphatic heterocycles. The van der Waals surface area contributed by atoms with Crippen LogP contribution >= 0.6 is 0 Å². The molecule has 2 fully saturated rings.